The van der Waals surface area contributed by atoms with Crippen molar-refractivity contribution in [1.82, 2.24) is 4.90 Å². The topological polar surface area (TPSA) is 59.0 Å². The number of carbonyl (C=O) groups is 1. The lowest BCUT2D eigenvalue weighted by Crippen LogP contribution is -2.27. The van der Waals surface area contributed by atoms with Gasteiger partial charge in [0.1, 0.15) is 0 Å². The number of aliphatic hydroxyl groups is 1. The molecule has 5 nitrogen and oxygen atoms in total. The van der Waals surface area contributed by atoms with Crippen LogP contribution in [0.1, 0.15) is 194 Å². The highest BCUT2D eigenvalue weighted by Gasteiger charge is 2.13. The number of nitrogens with zero attached hydrogens (tertiary/aromatic N) is 1. The van der Waals surface area contributed by atoms with E-state index in [1.807, 2.05) is 0 Å². The molecule has 48 heavy (non-hydrogen) atoms. The van der Waals surface area contributed by atoms with Crippen molar-refractivity contribution < 1.29 is 19.4 Å². The van der Waals surface area contributed by atoms with Crippen LogP contribution in [0.4, 0.5) is 0 Å². The molecule has 0 unspecified atom stereocenters. The molecule has 288 valence electrons. The highest BCUT2D eigenvalue weighted by molar-refractivity contribution is 8.17. The zero-order valence-corrected chi connectivity index (χ0v) is 34.1. The van der Waals surface area contributed by atoms with Gasteiger partial charge in [-0.1, -0.05) is 129 Å². The molecule has 0 amide bonds. The Morgan fingerprint density at radius 3 is 1.46 bits per heavy atom. The molecule has 7 heteroatoms. The second-order valence-electron chi connectivity index (χ2n) is 14.0. The Hall–Kier alpha value is 0.0500. The average Bonchev–Trinajstić information content (AvgIpc) is 3.09. The van der Waals surface area contributed by atoms with Gasteiger partial charge in [0.2, 0.25) is 0 Å². The predicted molar refractivity (Wildman–Crippen MR) is 216 cm³/mol. The Morgan fingerprint density at radius 1 is 0.562 bits per heavy atom. The third kappa shape index (κ3) is 37.3. The minimum absolute atomic E-state index is 0.00488. The molecule has 0 aromatic rings. The Morgan fingerprint density at radius 2 is 0.979 bits per heavy atom. The standard InChI is InChI=1S/C41H83NO4S2/c1-4-6-8-10-12-20-28-38-47-41(48-39-29-21-13-11-9-7-5-2)31-30-40(44)46-37-27-19-15-17-23-33-42(34-24-25-35-43)32-22-16-14-18-26-36-45-3/h41,43H,4-39H2,1-3H3. The highest BCUT2D eigenvalue weighted by Crippen LogP contribution is 2.30. The molecule has 0 atom stereocenters. The number of esters is 1. The second kappa shape index (κ2) is 41.5. The molecule has 0 aromatic heterocycles. The fourth-order valence-corrected chi connectivity index (χ4v) is 8.92. The number of ether oxygens (including phenoxy) is 2. The van der Waals surface area contributed by atoms with Crippen molar-refractivity contribution in [3.8, 4) is 0 Å². The highest BCUT2D eigenvalue weighted by atomic mass is 32.2. The van der Waals surface area contributed by atoms with Gasteiger partial charge in [0.25, 0.3) is 0 Å². The fourth-order valence-electron chi connectivity index (χ4n) is 6.12. The molecule has 0 radical (unpaired) electrons. The number of aliphatic hydroxyl groups excluding tert-OH is 1. The van der Waals surface area contributed by atoms with Crippen molar-refractivity contribution in [3.63, 3.8) is 0 Å². The van der Waals surface area contributed by atoms with Gasteiger partial charge in [0, 0.05) is 26.7 Å². The first kappa shape index (κ1) is 48.0. The molecule has 0 aliphatic carbocycles. The lowest BCUT2D eigenvalue weighted by Gasteiger charge is -2.22. The van der Waals surface area contributed by atoms with E-state index >= 15 is 0 Å². The molecular formula is C41H83NO4S2. The SMILES string of the molecule is CCCCCCCCCSC(CCC(=O)OCCCCCCCN(CCCCO)CCCCCCCOC)SCCCCCCCCC. The van der Waals surface area contributed by atoms with Gasteiger partial charge in [-0.25, -0.2) is 0 Å². The molecule has 0 aliphatic rings. The van der Waals surface area contributed by atoms with Crippen LogP contribution in [0.3, 0.4) is 0 Å². The molecule has 0 aliphatic heterocycles. The summed E-state index contributed by atoms with van der Waals surface area (Å²) in [6.45, 7) is 9.79. The van der Waals surface area contributed by atoms with E-state index in [2.05, 4.69) is 42.3 Å². The van der Waals surface area contributed by atoms with E-state index in [1.54, 1.807) is 7.11 Å². The monoisotopic (exact) mass is 718 g/mol. The van der Waals surface area contributed by atoms with Crippen LogP contribution in [0.2, 0.25) is 0 Å². The van der Waals surface area contributed by atoms with Crippen LogP contribution in [-0.2, 0) is 14.3 Å². The number of hydrogen-bond acceptors (Lipinski definition) is 7. The van der Waals surface area contributed by atoms with E-state index in [-0.39, 0.29) is 5.97 Å². The van der Waals surface area contributed by atoms with Crippen molar-refractivity contribution in [2.24, 2.45) is 0 Å². The van der Waals surface area contributed by atoms with Crippen LogP contribution in [0.25, 0.3) is 0 Å². The lowest BCUT2D eigenvalue weighted by atomic mass is 10.1. The lowest BCUT2D eigenvalue weighted by molar-refractivity contribution is -0.143. The Balaban J connectivity index is 4.13. The van der Waals surface area contributed by atoms with Gasteiger partial charge in [-0.2, -0.15) is 0 Å². The molecule has 0 saturated carbocycles. The summed E-state index contributed by atoms with van der Waals surface area (Å²) in [4.78, 5) is 15.2. The number of carbonyl (C=O) groups excluding carboxylic acids is 1. The molecule has 0 heterocycles. The van der Waals surface area contributed by atoms with E-state index in [0.717, 1.165) is 45.3 Å². The zero-order valence-electron chi connectivity index (χ0n) is 32.5. The molecule has 1 N–H and O–H groups in total. The summed E-state index contributed by atoms with van der Waals surface area (Å²) in [7, 11) is 1.78. The Labute approximate surface area is 309 Å². The molecular weight excluding hydrogens is 635 g/mol. The number of methoxy groups -OCH3 is 1. The van der Waals surface area contributed by atoms with Gasteiger partial charge in [-0.3, -0.25) is 4.79 Å². The van der Waals surface area contributed by atoms with Crippen LogP contribution >= 0.6 is 23.5 Å². The van der Waals surface area contributed by atoms with E-state index < -0.39 is 0 Å². The van der Waals surface area contributed by atoms with Crippen molar-refractivity contribution in [2.75, 3.05) is 58.1 Å². The van der Waals surface area contributed by atoms with E-state index in [0.29, 0.717) is 24.2 Å². The molecule has 0 aromatic carbocycles. The summed E-state index contributed by atoms with van der Waals surface area (Å²) in [6, 6.07) is 0. The largest absolute Gasteiger partial charge is 0.466 e. The van der Waals surface area contributed by atoms with Crippen LogP contribution in [0, 0.1) is 0 Å². The molecule has 0 saturated heterocycles. The maximum atomic E-state index is 12.6. The van der Waals surface area contributed by atoms with Crippen molar-refractivity contribution in [3.05, 3.63) is 0 Å². The number of unbranched alkanes of at least 4 members (excludes halogenated alkanes) is 21. The Bertz CT molecular complexity index is 607. The predicted octanol–water partition coefficient (Wildman–Crippen LogP) is 12.2. The number of hydrogen-bond donors (Lipinski definition) is 1. The third-order valence-electron chi connectivity index (χ3n) is 9.27. The zero-order chi connectivity index (χ0) is 35.0. The third-order valence-corrected chi connectivity index (χ3v) is 12.4. The maximum absolute atomic E-state index is 12.6. The maximum Gasteiger partial charge on any atom is 0.305 e. The van der Waals surface area contributed by atoms with Gasteiger partial charge in [0.15, 0.2) is 0 Å². The first-order valence-corrected chi connectivity index (χ1v) is 23.0. The number of rotatable bonds is 41. The number of thioether (sulfide) groups is 2. The minimum atomic E-state index is 0.00488. The summed E-state index contributed by atoms with van der Waals surface area (Å²) in [5.41, 5.74) is 0. The summed E-state index contributed by atoms with van der Waals surface area (Å²) in [6.07, 6.45) is 34.7. The minimum Gasteiger partial charge on any atom is -0.466 e. The molecule has 0 rings (SSSR count). The quantitative estimate of drug-likeness (QED) is 0.0384. The van der Waals surface area contributed by atoms with E-state index in [9.17, 15) is 9.90 Å². The van der Waals surface area contributed by atoms with Gasteiger partial charge < -0.3 is 19.5 Å². The summed E-state index contributed by atoms with van der Waals surface area (Å²) >= 11 is 4.20. The fraction of sp³-hybridized carbons (Fsp3) is 0.976. The first-order chi connectivity index (χ1) is 23.7. The van der Waals surface area contributed by atoms with Gasteiger partial charge in [-0.05, 0) is 88.9 Å². The average molecular weight is 718 g/mol. The van der Waals surface area contributed by atoms with Crippen molar-refractivity contribution in [2.45, 2.75) is 198 Å². The summed E-state index contributed by atoms with van der Waals surface area (Å²) in [5.74, 6) is 2.46. The van der Waals surface area contributed by atoms with Crippen molar-refractivity contribution >= 4 is 29.5 Å². The summed E-state index contributed by atoms with van der Waals surface area (Å²) in [5, 5.41) is 9.19. The molecule has 0 spiro atoms. The molecule has 0 fully saturated rings. The second-order valence-corrected chi connectivity index (χ2v) is 16.9. The van der Waals surface area contributed by atoms with E-state index in [1.165, 1.54) is 166 Å². The summed E-state index contributed by atoms with van der Waals surface area (Å²) < 4.78 is 11.3. The normalized spacial score (nSPS) is 11.7. The van der Waals surface area contributed by atoms with E-state index in [4.69, 9.17) is 9.47 Å². The first-order valence-electron chi connectivity index (χ1n) is 20.9. The van der Waals surface area contributed by atoms with Crippen LogP contribution in [0.15, 0.2) is 0 Å². The van der Waals surface area contributed by atoms with Gasteiger partial charge >= 0.3 is 5.97 Å². The molecule has 0 bridgehead atoms. The smallest absolute Gasteiger partial charge is 0.305 e. The van der Waals surface area contributed by atoms with Gasteiger partial charge in [0.05, 0.1) is 11.2 Å². The van der Waals surface area contributed by atoms with Crippen LogP contribution in [0.5, 0.6) is 0 Å². The van der Waals surface area contributed by atoms with Crippen LogP contribution in [-0.4, -0.2) is 78.6 Å². The Kier molecular flexibility index (Phi) is 41.5. The van der Waals surface area contributed by atoms with Gasteiger partial charge in [-0.15, -0.1) is 23.5 Å². The van der Waals surface area contributed by atoms with Crippen LogP contribution < -0.4 is 0 Å². The van der Waals surface area contributed by atoms with Crippen molar-refractivity contribution in [1.29, 1.82) is 0 Å².